The van der Waals surface area contributed by atoms with E-state index in [0.29, 0.717) is 60.6 Å². The number of esters is 4. The average Bonchev–Trinajstić information content (AvgIpc) is 3.49. The zero-order valence-corrected chi connectivity index (χ0v) is 51.7. The fourth-order valence-electron chi connectivity index (χ4n) is 8.79. The number of hydrogen-bond acceptors (Lipinski definition) is 14. The summed E-state index contributed by atoms with van der Waals surface area (Å²) in [4.78, 5) is 50.1. The lowest BCUT2D eigenvalue weighted by Gasteiger charge is -2.38. The summed E-state index contributed by atoms with van der Waals surface area (Å²) in [6, 6.07) is 45.4. The molecule has 0 aromatic heterocycles. The molecule has 14 nitrogen and oxygen atoms in total. The maximum atomic E-state index is 12.9. The fourth-order valence-corrected chi connectivity index (χ4v) is 22.8. The Morgan fingerprint density at radius 1 is 0.383 bits per heavy atom. The summed E-state index contributed by atoms with van der Waals surface area (Å²) in [5.74, 6) is 1.42. The molecule has 0 heterocycles. The molecule has 0 spiro atoms. The summed E-state index contributed by atoms with van der Waals surface area (Å²) >= 11 is 0. The van der Waals surface area contributed by atoms with Gasteiger partial charge in [0.25, 0.3) is 0 Å². The highest BCUT2D eigenvalue weighted by Gasteiger charge is 2.39. The second-order valence-electron chi connectivity index (χ2n) is 21.5. The van der Waals surface area contributed by atoms with Crippen LogP contribution in [0.25, 0.3) is 22.3 Å². The predicted octanol–water partition coefficient (Wildman–Crippen LogP) is 15.1. The zero-order chi connectivity index (χ0) is 58.4. The summed E-state index contributed by atoms with van der Waals surface area (Å²) in [6.45, 7) is 22.6. The van der Waals surface area contributed by atoms with E-state index in [1.165, 1.54) is 0 Å². The minimum absolute atomic E-state index is 0.358. The first kappa shape index (κ1) is 63.2. The van der Waals surface area contributed by atoms with Crippen LogP contribution < -0.4 is 28.4 Å². The molecule has 0 radical (unpaired) electrons. The van der Waals surface area contributed by atoms with E-state index in [9.17, 15) is 19.2 Å². The Morgan fingerprint density at radius 2 is 0.679 bits per heavy atom. The number of hydrogen-bond donors (Lipinski definition) is 0. The molecule has 0 aliphatic heterocycles. The first-order valence-electron chi connectivity index (χ1n) is 28.1. The molecule has 81 heavy (non-hydrogen) atoms. The molecule has 6 rings (SSSR count). The predicted molar refractivity (Wildman–Crippen MR) is 323 cm³/mol. The Bertz CT molecular complexity index is 2710. The zero-order valence-electron chi connectivity index (χ0n) is 48.7. The monoisotopic (exact) mass is 1160 g/mol. The van der Waals surface area contributed by atoms with E-state index in [2.05, 4.69) is 39.3 Å². The van der Waals surface area contributed by atoms with E-state index in [1.54, 1.807) is 86.6 Å². The number of carbonyl (C=O) groups excluding carboxylic acids is 4. The highest BCUT2D eigenvalue weighted by atomic mass is 28.5. The summed E-state index contributed by atoms with van der Waals surface area (Å²) < 4.78 is 59.0. The van der Waals surface area contributed by atoms with Crippen LogP contribution in [-0.2, 0) is 27.3 Å². The minimum Gasteiger partial charge on any atom is -0.494 e. The third-order valence-corrected chi connectivity index (χ3v) is 24.4. The molecular formula is C64H80O14Si3. The molecule has 0 fully saturated rings. The van der Waals surface area contributed by atoms with Crippen LogP contribution in [0.1, 0.15) is 86.9 Å². The van der Waals surface area contributed by atoms with Crippen LogP contribution in [0.4, 0.5) is 0 Å². The van der Waals surface area contributed by atoms with Crippen molar-refractivity contribution in [2.75, 3.05) is 26.4 Å². The van der Waals surface area contributed by atoms with Gasteiger partial charge in [-0.1, -0.05) is 75.2 Å². The van der Waals surface area contributed by atoms with Crippen LogP contribution >= 0.6 is 0 Å². The van der Waals surface area contributed by atoms with Gasteiger partial charge in [0.05, 0.1) is 37.6 Å². The number of benzene rings is 6. The molecule has 0 N–H and O–H groups in total. The lowest BCUT2D eigenvalue weighted by atomic mass is 10.0. The molecule has 0 aliphatic rings. The molecule has 0 amide bonds. The van der Waals surface area contributed by atoms with Gasteiger partial charge in [-0.15, -0.1) is 0 Å². The standard InChI is InChI=1S/C64H80O14Si3/c1-11-13-41-71-61(65)47(3)73-57-33-37-59(38-34-57)75-63(67)53-21-17-49(18-22-53)51-25-29-55(30-26-51)69-43-15-45-79(5,6)77-81(9,10)78-80(7,8)46-16-44-70-56-31-27-52(28-32-56)50-19-23-54(24-20-50)64(68)76-60-39-35-58(36-40-60)74-48(4)62(66)72-42-14-12-2/h17-40,47-48H,11-16,41-46H2,1-10H3. The molecule has 0 saturated carbocycles. The third-order valence-electron chi connectivity index (χ3n) is 12.9. The van der Waals surface area contributed by atoms with Gasteiger partial charge >= 0.3 is 32.4 Å². The smallest absolute Gasteiger partial charge is 0.347 e. The molecule has 0 bridgehead atoms. The normalized spacial score (nSPS) is 12.4. The summed E-state index contributed by atoms with van der Waals surface area (Å²) in [7, 11) is -6.54. The van der Waals surface area contributed by atoms with Crippen LogP contribution in [0.5, 0.6) is 34.5 Å². The maximum absolute atomic E-state index is 12.9. The number of unbranched alkanes of at least 4 members (excludes halogenated alkanes) is 2. The Labute approximate surface area is 481 Å². The van der Waals surface area contributed by atoms with Crippen molar-refractivity contribution in [1.82, 2.24) is 0 Å². The molecule has 432 valence electrons. The van der Waals surface area contributed by atoms with Gasteiger partial charge in [-0.25, -0.2) is 19.2 Å². The van der Waals surface area contributed by atoms with Gasteiger partial charge in [-0.3, -0.25) is 0 Å². The Hall–Kier alpha value is -7.03. The highest BCUT2D eigenvalue weighted by molar-refractivity contribution is 6.87. The SMILES string of the molecule is CCCCOC(=O)C(C)Oc1ccc(OC(=O)c2ccc(-c3ccc(OCCC[Si](C)(C)O[Si](C)(C)O[Si](C)(C)CCCOc4ccc(-c5ccc(C(=O)Oc6ccc(OC(C)C(=O)OCCCC)cc6)cc5)cc4)cc3)cc2)cc1. The van der Waals surface area contributed by atoms with E-state index in [1.807, 2.05) is 86.6 Å². The van der Waals surface area contributed by atoms with Crippen LogP contribution in [0.3, 0.4) is 0 Å². The molecular weight excluding hydrogens is 1080 g/mol. The van der Waals surface area contributed by atoms with Gasteiger partial charge in [0.1, 0.15) is 34.5 Å². The number of ether oxygens (including phenoxy) is 8. The Balaban J connectivity index is 0.848. The van der Waals surface area contributed by atoms with Gasteiger partial charge in [0.15, 0.2) is 28.8 Å². The first-order valence-corrected chi connectivity index (χ1v) is 37.1. The second kappa shape index (κ2) is 30.7. The maximum Gasteiger partial charge on any atom is 0.347 e. The van der Waals surface area contributed by atoms with E-state index >= 15 is 0 Å². The molecule has 2 atom stereocenters. The van der Waals surface area contributed by atoms with E-state index in [4.69, 9.17) is 46.1 Å². The van der Waals surface area contributed by atoms with Crippen LogP contribution in [0.2, 0.25) is 51.4 Å². The van der Waals surface area contributed by atoms with E-state index in [0.717, 1.165) is 84.4 Å². The van der Waals surface area contributed by atoms with Crippen LogP contribution in [0.15, 0.2) is 146 Å². The quantitative estimate of drug-likeness (QED) is 0.0170. The second-order valence-corrected chi connectivity index (χ2v) is 34.0. The summed E-state index contributed by atoms with van der Waals surface area (Å²) in [6.07, 6.45) is 3.70. The van der Waals surface area contributed by atoms with Crippen molar-refractivity contribution in [2.24, 2.45) is 0 Å². The topological polar surface area (TPSA) is 161 Å². The number of rotatable bonds is 32. The van der Waals surface area contributed by atoms with Crippen LogP contribution in [-0.4, -0.2) is 87.7 Å². The van der Waals surface area contributed by atoms with E-state index < -0.39 is 61.3 Å². The lowest BCUT2D eigenvalue weighted by molar-refractivity contribution is -0.151. The van der Waals surface area contributed by atoms with E-state index in [-0.39, 0.29) is 0 Å². The van der Waals surface area contributed by atoms with Crippen molar-refractivity contribution >= 4 is 49.1 Å². The van der Waals surface area contributed by atoms with Gasteiger partial charge in [-0.2, -0.15) is 0 Å². The van der Waals surface area contributed by atoms with Gasteiger partial charge in [-0.05, 0) is 210 Å². The van der Waals surface area contributed by atoms with Crippen molar-refractivity contribution in [3.05, 3.63) is 157 Å². The Morgan fingerprint density at radius 3 is 1.00 bits per heavy atom. The molecule has 6 aromatic carbocycles. The summed E-state index contributed by atoms with van der Waals surface area (Å²) in [5, 5.41) is 0. The minimum atomic E-state index is -2.42. The van der Waals surface area contributed by atoms with Crippen molar-refractivity contribution in [1.29, 1.82) is 0 Å². The van der Waals surface area contributed by atoms with Gasteiger partial charge in [0, 0.05) is 0 Å². The van der Waals surface area contributed by atoms with Gasteiger partial charge < -0.3 is 46.1 Å². The summed E-state index contributed by atoms with van der Waals surface area (Å²) in [5.41, 5.74) is 4.73. The molecule has 0 aliphatic carbocycles. The fraction of sp³-hybridized carbons (Fsp3) is 0.375. The molecule has 17 heteroatoms. The molecule has 6 aromatic rings. The highest BCUT2D eigenvalue weighted by Crippen LogP contribution is 2.30. The van der Waals surface area contributed by atoms with Crippen LogP contribution in [0, 0.1) is 0 Å². The number of carbonyl (C=O) groups is 4. The van der Waals surface area contributed by atoms with Crippen molar-refractivity contribution in [3.63, 3.8) is 0 Å². The molecule has 2 unspecified atom stereocenters. The van der Waals surface area contributed by atoms with Gasteiger partial charge in [0.2, 0.25) is 0 Å². The lowest BCUT2D eigenvalue weighted by Crippen LogP contribution is -2.52. The Kier molecular flexibility index (Phi) is 23.9. The first-order chi connectivity index (χ1) is 38.7. The van der Waals surface area contributed by atoms with Crippen molar-refractivity contribution < 1.29 is 65.3 Å². The largest absolute Gasteiger partial charge is 0.494 e. The van der Waals surface area contributed by atoms with Crippen molar-refractivity contribution in [2.45, 2.75) is 130 Å². The third kappa shape index (κ3) is 21.4. The average molecular weight is 1160 g/mol. The van der Waals surface area contributed by atoms with Crippen molar-refractivity contribution in [3.8, 4) is 56.8 Å². The molecule has 0 saturated heterocycles.